The first-order chi connectivity index (χ1) is 13.5. The Kier molecular flexibility index (Phi) is 7.20. The minimum absolute atomic E-state index is 0.0491. The maximum absolute atomic E-state index is 15.1. The summed E-state index contributed by atoms with van der Waals surface area (Å²) in [5, 5.41) is 0. The van der Waals surface area contributed by atoms with Gasteiger partial charge in [-0.1, -0.05) is 74.6 Å². The van der Waals surface area contributed by atoms with Crippen LogP contribution in [0, 0.1) is 18.7 Å². The van der Waals surface area contributed by atoms with Crippen molar-refractivity contribution in [3.8, 4) is 11.1 Å². The SMILES string of the molecule is CCCCCC1CCC(c2ccc(-c3ccc(C)cc3)c(F)c2C(F)F)CC1. The van der Waals surface area contributed by atoms with Crippen LogP contribution in [0.25, 0.3) is 11.1 Å². The maximum atomic E-state index is 15.1. The van der Waals surface area contributed by atoms with Crippen LogP contribution in [0.1, 0.15) is 87.3 Å². The maximum Gasteiger partial charge on any atom is 0.266 e. The molecule has 0 saturated heterocycles. The van der Waals surface area contributed by atoms with Crippen molar-refractivity contribution < 1.29 is 13.2 Å². The summed E-state index contributed by atoms with van der Waals surface area (Å²) in [7, 11) is 0. The zero-order chi connectivity index (χ0) is 20.1. The van der Waals surface area contributed by atoms with Gasteiger partial charge in [0.2, 0.25) is 0 Å². The number of alkyl halides is 2. The van der Waals surface area contributed by atoms with Crippen molar-refractivity contribution in [1.29, 1.82) is 0 Å². The van der Waals surface area contributed by atoms with Gasteiger partial charge in [-0.25, -0.2) is 13.2 Å². The van der Waals surface area contributed by atoms with Crippen LogP contribution in [0.15, 0.2) is 36.4 Å². The lowest BCUT2D eigenvalue weighted by Gasteiger charge is -2.30. The van der Waals surface area contributed by atoms with Crippen LogP contribution in [-0.2, 0) is 0 Å². The molecule has 0 spiro atoms. The fourth-order valence-corrected chi connectivity index (χ4v) is 4.59. The number of benzene rings is 2. The van der Waals surface area contributed by atoms with Crippen molar-refractivity contribution >= 4 is 0 Å². The molecule has 2 aromatic carbocycles. The summed E-state index contributed by atoms with van der Waals surface area (Å²) in [6.45, 7) is 4.16. The smallest absolute Gasteiger partial charge is 0.206 e. The van der Waals surface area contributed by atoms with Crippen molar-refractivity contribution in [1.82, 2.24) is 0 Å². The van der Waals surface area contributed by atoms with E-state index < -0.39 is 12.2 Å². The van der Waals surface area contributed by atoms with Gasteiger partial charge in [0.25, 0.3) is 6.43 Å². The number of unbranched alkanes of at least 4 members (excludes halogenated alkanes) is 2. The van der Waals surface area contributed by atoms with Crippen LogP contribution in [0.3, 0.4) is 0 Å². The largest absolute Gasteiger partial charge is 0.266 e. The first-order valence-electron chi connectivity index (χ1n) is 10.7. The number of halogens is 3. The Hall–Kier alpha value is -1.77. The molecule has 0 aromatic heterocycles. The zero-order valence-electron chi connectivity index (χ0n) is 17.0. The Labute approximate surface area is 167 Å². The molecule has 0 N–H and O–H groups in total. The Bertz CT molecular complexity index is 756. The molecule has 0 amide bonds. The molecule has 0 radical (unpaired) electrons. The summed E-state index contributed by atoms with van der Waals surface area (Å²) in [4.78, 5) is 0. The van der Waals surface area contributed by atoms with Crippen molar-refractivity contribution in [3.63, 3.8) is 0 Å². The van der Waals surface area contributed by atoms with Gasteiger partial charge in [-0.2, -0.15) is 0 Å². The molecule has 28 heavy (non-hydrogen) atoms. The molecule has 1 aliphatic carbocycles. The topological polar surface area (TPSA) is 0 Å². The molecular weight excluding hydrogens is 357 g/mol. The Balaban J connectivity index is 1.80. The lowest BCUT2D eigenvalue weighted by atomic mass is 9.75. The van der Waals surface area contributed by atoms with Gasteiger partial charge in [-0.15, -0.1) is 0 Å². The molecule has 1 saturated carbocycles. The molecule has 0 nitrogen and oxygen atoms in total. The second-order valence-electron chi connectivity index (χ2n) is 8.31. The van der Waals surface area contributed by atoms with Gasteiger partial charge in [-0.3, -0.25) is 0 Å². The molecule has 0 atom stereocenters. The van der Waals surface area contributed by atoms with Gasteiger partial charge in [0.15, 0.2) is 0 Å². The summed E-state index contributed by atoms with van der Waals surface area (Å²) in [6, 6.07) is 10.8. The van der Waals surface area contributed by atoms with Gasteiger partial charge < -0.3 is 0 Å². The predicted molar refractivity (Wildman–Crippen MR) is 110 cm³/mol. The molecular formula is C25H31F3. The average Bonchev–Trinajstić information content (AvgIpc) is 2.69. The molecule has 0 bridgehead atoms. The highest BCUT2D eigenvalue weighted by Gasteiger charge is 2.29. The van der Waals surface area contributed by atoms with E-state index in [-0.39, 0.29) is 17.0 Å². The number of rotatable bonds is 7. The first-order valence-corrected chi connectivity index (χ1v) is 10.7. The molecule has 2 aromatic rings. The molecule has 1 aliphatic rings. The fourth-order valence-electron chi connectivity index (χ4n) is 4.59. The third-order valence-electron chi connectivity index (χ3n) is 6.30. The van der Waals surface area contributed by atoms with Gasteiger partial charge in [0.1, 0.15) is 5.82 Å². The second kappa shape index (κ2) is 9.62. The second-order valence-corrected chi connectivity index (χ2v) is 8.31. The average molecular weight is 389 g/mol. The normalized spacial score (nSPS) is 19.9. The van der Waals surface area contributed by atoms with E-state index in [9.17, 15) is 8.78 Å². The third kappa shape index (κ3) is 4.79. The number of hydrogen-bond donors (Lipinski definition) is 0. The van der Waals surface area contributed by atoms with E-state index >= 15 is 4.39 Å². The monoisotopic (exact) mass is 388 g/mol. The van der Waals surface area contributed by atoms with Gasteiger partial charge in [0, 0.05) is 5.56 Å². The highest BCUT2D eigenvalue weighted by Crippen LogP contribution is 2.43. The highest BCUT2D eigenvalue weighted by molar-refractivity contribution is 5.66. The number of aryl methyl sites for hydroxylation is 1. The van der Waals surface area contributed by atoms with Crippen LogP contribution in [-0.4, -0.2) is 0 Å². The van der Waals surface area contributed by atoms with E-state index in [1.54, 1.807) is 24.3 Å². The summed E-state index contributed by atoms with van der Waals surface area (Å²) in [5.74, 6) is 0.00361. The minimum Gasteiger partial charge on any atom is -0.206 e. The lowest BCUT2D eigenvalue weighted by molar-refractivity contribution is 0.143. The van der Waals surface area contributed by atoms with E-state index in [1.165, 1.54) is 25.7 Å². The molecule has 1 fully saturated rings. The third-order valence-corrected chi connectivity index (χ3v) is 6.30. The lowest BCUT2D eigenvalue weighted by Crippen LogP contribution is -2.15. The summed E-state index contributed by atoms with van der Waals surface area (Å²) >= 11 is 0. The van der Waals surface area contributed by atoms with E-state index in [1.807, 2.05) is 19.1 Å². The molecule has 0 unspecified atom stereocenters. The van der Waals surface area contributed by atoms with E-state index in [2.05, 4.69) is 6.92 Å². The van der Waals surface area contributed by atoms with Gasteiger partial charge in [0.05, 0.1) is 5.56 Å². The van der Waals surface area contributed by atoms with Crippen molar-refractivity contribution in [2.75, 3.05) is 0 Å². The molecule has 0 aliphatic heterocycles. The van der Waals surface area contributed by atoms with E-state index in [0.717, 1.165) is 31.2 Å². The summed E-state index contributed by atoms with van der Waals surface area (Å²) < 4.78 is 42.8. The van der Waals surface area contributed by atoms with Crippen LogP contribution in [0.2, 0.25) is 0 Å². The molecule has 0 heterocycles. The molecule has 3 rings (SSSR count). The Morgan fingerprint density at radius 1 is 0.929 bits per heavy atom. The van der Waals surface area contributed by atoms with E-state index in [0.29, 0.717) is 17.0 Å². The molecule has 152 valence electrons. The van der Waals surface area contributed by atoms with E-state index in [4.69, 9.17) is 0 Å². The van der Waals surface area contributed by atoms with Gasteiger partial charge in [-0.05, 0) is 55.6 Å². The minimum atomic E-state index is -2.79. The van der Waals surface area contributed by atoms with Crippen LogP contribution in [0.4, 0.5) is 13.2 Å². The first kappa shape index (κ1) is 21.0. The standard InChI is InChI=1S/C25H31F3/c1-3-4-5-6-18-9-13-19(14-10-18)21-15-16-22(24(26)23(21)25(27)28)20-11-7-17(2)8-12-20/h7-8,11-12,15-16,18-19,25H,3-6,9-10,13-14H2,1-2H3. The van der Waals surface area contributed by atoms with Crippen LogP contribution in [0.5, 0.6) is 0 Å². The highest BCUT2D eigenvalue weighted by atomic mass is 19.3. The quantitative estimate of drug-likeness (QED) is 0.417. The Morgan fingerprint density at radius 2 is 1.61 bits per heavy atom. The zero-order valence-corrected chi connectivity index (χ0v) is 17.0. The summed E-state index contributed by atoms with van der Waals surface area (Å²) in [5.41, 5.74) is 2.12. The molecule has 3 heteroatoms. The summed E-state index contributed by atoms with van der Waals surface area (Å²) in [6.07, 6.45) is 6.11. The van der Waals surface area contributed by atoms with Crippen molar-refractivity contribution in [2.45, 2.75) is 77.6 Å². The predicted octanol–water partition coefficient (Wildman–Crippen LogP) is 8.59. The fraction of sp³-hybridized carbons (Fsp3) is 0.520. The van der Waals surface area contributed by atoms with Crippen LogP contribution >= 0.6 is 0 Å². The Morgan fingerprint density at radius 3 is 2.21 bits per heavy atom. The number of hydrogen-bond acceptors (Lipinski definition) is 0. The van der Waals surface area contributed by atoms with Crippen LogP contribution < -0.4 is 0 Å². The van der Waals surface area contributed by atoms with Gasteiger partial charge >= 0.3 is 0 Å². The van der Waals surface area contributed by atoms with Crippen molar-refractivity contribution in [3.05, 3.63) is 58.9 Å². The van der Waals surface area contributed by atoms with Crippen molar-refractivity contribution in [2.24, 2.45) is 5.92 Å².